The van der Waals surface area contributed by atoms with Crippen LogP contribution in [0.3, 0.4) is 0 Å². The van der Waals surface area contributed by atoms with Gasteiger partial charge in [-0.15, -0.1) is 0 Å². The molecule has 11 nitrogen and oxygen atoms in total. The maximum absolute atomic E-state index is 12.8. The zero-order valence-corrected chi connectivity index (χ0v) is 38.9. The Morgan fingerprint density at radius 3 is 1.44 bits per heavy atom. The highest BCUT2D eigenvalue weighted by Gasteiger charge is 2.47. The molecule has 1 saturated heterocycles. The first-order valence-electron chi connectivity index (χ1n) is 24.7. The summed E-state index contributed by atoms with van der Waals surface area (Å²) in [6.45, 7) is 3.68. The van der Waals surface area contributed by atoms with Gasteiger partial charge in [0.2, 0.25) is 0 Å². The Hall–Kier alpha value is -2.83. The van der Waals surface area contributed by atoms with Crippen LogP contribution < -0.4 is 0 Å². The van der Waals surface area contributed by atoms with E-state index in [-0.39, 0.29) is 19.4 Å². The van der Waals surface area contributed by atoms with E-state index in [4.69, 9.17) is 18.9 Å². The van der Waals surface area contributed by atoms with Gasteiger partial charge in [0.1, 0.15) is 24.9 Å². The lowest BCUT2D eigenvalue weighted by Gasteiger charge is -2.38. The van der Waals surface area contributed by atoms with Crippen molar-refractivity contribution in [3.63, 3.8) is 0 Å². The maximum Gasteiger partial charge on any atom is 0.335 e. The molecule has 1 aliphatic heterocycles. The third-order valence-electron chi connectivity index (χ3n) is 11.2. The number of carbonyl (C=O) groups excluding carboxylic acids is 2. The fourth-order valence-electron chi connectivity index (χ4n) is 7.34. The quantitative estimate of drug-likeness (QED) is 0.0262. The molecule has 0 amide bonds. The number of carboxylic acid groups (broad SMARTS) is 1. The highest BCUT2D eigenvalue weighted by atomic mass is 16.7. The summed E-state index contributed by atoms with van der Waals surface area (Å²) < 4.78 is 21.7. The van der Waals surface area contributed by atoms with Gasteiger partial charge in [0, 0.05) is 12.8 Å². The number of hydrogen-bond acceptors (Lipinski definition) is 10. The number of esters is 2. The van der Waals surface area contributed by atoms with Crippen molar-refractivity contribution in [2.45, 2.75) is 243 Å². The van der Waals surface area contributed by atoms with E-state index in [2.05, 4.69) is 62.5 Å². The van der Waals surface area contributed by atoms with Crippen LogP contribution in [0.25, 0.3) is 0 Å². The zero-order chi connectivity index (χ0) is 45.3. The Morgan fingerprint density at radius 1 is 0.516 bits per heavy atom. The molecule has 1 fully saturated rings. The number of aliphatic carboxylic acids is 1. The molecule has 4 N–H and O–H groups in total. The molecule has 0 aromatic rings. The van der Waals surface area contributed by atoms with Crippen molar-refractivity contribution in [2.75, 3.05) is 13.2 Å². The molecule has 0 bridgehead atoms. The van der Waals surface area contributed by atoms with Crippen LogP contribution in [0.5, 0.6) is 0 Å². The predicted molar refractivity (Wildman–Crippen MR) is 248 cm³/mol. The molecule has 1 heterocycles. The number of carboxylic acids is 1. The van der Waals surface area contributed by atoms with E-state index >= 15 is 0 Å². The lowest BCUT2D eigenvalue weighted by molar-refractivity contribution is -0.298. The van der Waals surface area contributed by atoms with Gasteiger partial charge in [-0.1, -0.05) is 191 Å². The smallest absolute Gasteiger partial charge is 0.335 e. The fraction of sp³-hybridized carbons (Fsp3) is 0.784. The number of rotatable bonds is 41. The molecule has 6 atom stereocenters. The largest absolute Gasteiger partial charge is 0.479 e. The summed E-state index contributed by atoms with van der Waals surface area (Å²) in [6.07, 6.45) is 40.3. The summed E-state index contributed by atoms with van der Waals surface area (Å²) in [6, 6.07) is 0. The van der Waals surface area contributed by atoms with E-state index in [0.29, 0.717) is 12.8 Å². The minimum atomic E-state index is -1.87. The predicted octanol–water partition coefficient (Wildman–Crippen LogP) is 11.3. The molecule has 0 aromatic heterocycles. The molecule has 6 unspecified atom stereocenters. The summed E-state index contributed by atoms with van der Waals surface area (Å²) in [7, 11) is 0. The second-order valence-electron chi connectivity index (χ2n) is 16.9. The number of carbonyl (C=O) groups is 3. The summed E-state index contributed by atoms with van der Waals surface area (Å²) in [4.78, 5) is 36.9. The van der Waals surface area contributed by atoms with E-state index in [1.807, 2.05) is 0 Å². The van der Waals surface area contributed by atoms with Gasteiger partial charge < -0.3 is 39.4 Å². The Kier molecular flexibility index (Phi) is 37.7. The van der Waals surface area contributed by atoms with Crippen LogP contribution in [0, 0.1) is 0 Å². The highest BCUT2D eigenvalue weighted by molar-refractivity contribution is 5.73. The van der Waals surface area contributed by atoms with E-state index in [1.165, 1.54) is 109 Å². The van der Waals surface area contributed by atoms with Gasteiger partial charge in [-0.2, -0.15) is 0 Å². The van der Waals surface area contributed by atoms with Crippen LogP contribution in [-0.4, -0.2) is 88.4 Å². The maximum atomic E-state index is 12.8. The van der Waals surface area contributed by atoms with Crippen molar-refractivity contribution < 1.29 is 53.8 Å². The second-order valence-corrected chi connectivity index (χ2v) is 16.9. The molecule has 1 aliphatic rings. The van der Waals surface area contributed by atoms with Gasteiger partial charge in [0.15, 0.2) is 18.5 Å². The molecule has 0 radical (unpaired) electrons. The minimum Gasteiger partial charge on any atom is -0.479 e. The van der Waals surface area contributed by atoms with Gasteiger partial charge in [0.05, 0.1) is 6.61 Å². The standard InChI is InChI=1S/C51H88O11/c1-3-5-7-9-11-13-15-17-19-20-21-22-23-24-26-28-30-32-34-36-38-40-45(53)61-43(42-60-51-48(56)46(54)47(55)49(62-51)50(57)58)41-59-44(52)39-37-35-33-31-29-27-25-18-16-14-12-10-8-6-4-2/h6,8,12,14,18,25,29,31,43,46-49,51,54-56H,3-5,7,9-11,13,15-17,19-24,26-28,30,32-42H2,1-2H3,(H,57,58)/b8-6-,14-12-,25-18-,31-29-. The first-order valence-corrected chi connectivity index (χ1v) is 24.7. The molecule has 1 rings (SSSR count). The highest BCUT2D eigenvalue weighted by Crippen LogP contribution is 2.23. The van der Waals surface area contributed by atoms with Crippen molar-refractivity contribution in [1.82, 2.24) is 0 Å². The Labute approximate surface area is 375 Å². The van der Waals surface area contributed by atoms with Gasteiger partial charge in [-0.25, -0.2) is 4.79 Å². The third-order valence-corrected chi connectivity index (χ3v) is 11.2. The van der Waals surface area contributed by atoms with Crippen LogP contribution >= 0.6 is 0 Å². The van der Waals surface area contributed by atoms with Crippen molar-refractivity contribution >= 4 is 17.9 Å². The van der Waals surface area contributed by atoms with Crippen LogP contribution in [0.2, 0.25) is 0 Å². The van der Waals surface area contributed by atoms with Crippen molar-refractivity contribution in [3.8, 4) is 0 Å². The van der Waals surface area contributed by atoms with Crippen LogP contribution in [0.1, 0.15) is 206 Å². The molecule has 62 heavy (non-hydrogen) atoms. The topological polar surface area (TPSA) is 169 Å². The SMILES string of the molecule is CC/C=C\C/C=C\C/C=C\C/C=C\CCCCC(=O)OCC(COC1OC(C(=O)O)C(O)C(O)C1O)OC(=O)CCCCCCCCCCCCCCCCCCCCCCC. The molecular weight excluding hydrogens is 789 g/mol. The van der Waals surface area contributed by atoms with Gasteiger partial charge in [-0.05, 0) is 51.4 Å². The van der Waals surface area contributed by atoms with E-state index in [9.17, 15) is 34.8 Å². The van der Waals surface area contributed by atoms with Crippen molar-refractivity contribution in [3.05, 3.63) is 48.6 Å². The lowest BCUT2D eigenvalue weighted by atomic mass is 9.99. The number of aliphatic hydroxyl groups is 3. The number of hydrogen-bond donors (Lipinski definition) is 4. The van der Waals surface area contributed by atoms with E-state index in [0.717, 1.165) is 57.8 Å². The normalized spacial score (nSPS) is 19.9. The number of ether oxygens (including phenoxy) is 4. The lowest BCUT2D eigenvalue weighted by Crippen LogP contribution is -2.60. The van der Waals surface area contributed by atoms with Crippen molar-refractivity contribution in [2.24, 2.45) is 0 Å². The second kappa shape index (κ2) is 40.9. The average Bonchev–Trinajstić information content (AvgIpc) is 3.26. The van der Waals surface area contributed by atoms with E-state index < -0.39 is 61.3 Å². The Morgan fingerprint density at radius 2 is 0.952 bits per heavy atom. The molecular formula is C51H88O11. The first kappa shape index (κ1) is 57.2. The number of allylic oxidation sites excluding steroid dienone is 8. The Balaban J connectivity index is 2.32. The summed E-state index contributed by atoms with van der Waals surface area (Å²) in [5.74, 6) is -2.49. The van der Waals surface area contributed by atoms with Crippen LogP contribution in [0.15, 0.2) is 48.6 Å². The minimum absolute atomic E-state index is 0.176. The Bertz CT molecular complexity index is 1210. The summed E-state index contributed by atoms with van der Waals surface area (Å²) in [5, 5.41) is 39.9. The first-order chi connectivity index (χ1) is 30.2. The molecule has 11 heteroatoms. The number of aliphatic hydroxyl groups excluding tert-OH is 3. The third kappa shape index (κ3) is 31.9. The summed E-state index contributed by atoms with van der Waals surface area (Å²) >= 11 is 0. The monoisotopic (exact) mass is 877 g/mol. The average molecular weight is 877 g/mol. The molecule has 0 aromatic carbocycles. The van der Waals surface area contributed by atoms with Gasteiger partial charge >= 0.3 is 17.9 Å². The molecule has 0 spiro atoms. The van der Waals surface area contributed by atoms with Gasteiger partial charge in [0.25, 0.3) is 0 Å². The van der Waals surface area contributed by atoms with Crippen LogP contribution in [0.4, 0.5) is 0 Å². The van der Waals surface area contributed by atoms with E-state index in [1.54, 1.807) is 0 Å². The van der Waals surface area contributed by atoms with Gasteiger partial charge in [-0.3, -0.25) is 9.59 Å². The fourth-order valence-corrected chi connectivity index (χ4v) is 7.34. The summed E-state index contributed by atoms with van der Waals surface area (Å²) in [5.41, 5.74) is 0. The molecule has 0 saturated carbocycles. The zero-order valence-electron chi connectivity index (χ0n) is 38.9. The molecule has 358 valence electrons. The molecule has 0 aliphatic carbocycles. The van der Waals surface area contributed by atoms with Crippen LogP contribution in [-0.2, 0) is 33.3 Å². The number of unbranched alkanes of at least 4 members (excludes halogenated alkanes) is 22. The van der Waals surface area contributed by atoms with Crippen molar-refractivity contribution in [1.29, 1.82) is 0 Å².